The lowest BCUT2D eigenvalue weighted by molar-refractivity contribution is -0.385. The van der Waals surface area contributed by atoms with Crippen LogP contribution in [-0.4, -0.2) is 29.8 Å². The monoisotopic (exact) mass is 392 g/mol. The molecular weight excluding hydrogens is 378 g/mol. The van der Waals surface area contributed by atoms with Crippen LogP contribution < -0.4 is 20.0 Å². The Kier molecular flexibility index (Phi) is 4.70. The number of hydrogen-bond acceptors (Lipinski definition) is 7. The SMILES string of the molecule is O=C(N/N=C/c1cc([O-])ccc1[N+](=O)[O-])[C@H]1COc2cc3ccccc3cc2O1. The number of nitro benzene ring substituents is 1. The molecule has 3 aromatic rings. The molecule has 1 aliphatic heterocycles. The minimum absolute atomic E-state index is 0.0110. The van der Waals surface area contributed by atoms with Gasteiger partial charge in [-0.2, -0.15) is 5.10 Å². The van der Waals surface area contributed by atoms with Gasteiger partial charge in [0, 0.05) is 6.07 Å². The van der Waals surface area contributed by atoms with Gasteiger partial charge in [-0.3, -0.25) is 14.9 Å². The van der Waals surface area contributed by atoms with E-state index >= 15 is 0 Å². The van der Waals surface area contributed by atoms with E-state index in [2.05, 4.69) is 10.5 Å². The van der Waals surface area contributed by atoms with Crippen molar-refractivity contribution in [3.8, 4) is 17.2 Å². The smallest absolute Gasteiger partial charge is 0.284 e. The van der Waals surface area contributed by atoms with Gasteiger partial charge in [-0.05, 0) is 22.9 Å². The van der Waals surface area contributed by atoms with E-state index in [1.54, 1.807) is 6.07 Å². The minimum Gasteiger partial charge on any atom is -0.872 e. The molecule has 0 unspecified atom stereocenters. The summed E-state index contributed by atoms with van der Waals surface area (Å²) < 4.78 is 11.3. The zero-order chi connectivity index (χ0) is 20.4. The van der Waals surface area contributed by atoms with Crippen LogP contribution in [0.25, 0.3) is 10.8 Å². The fraction of sp³-hybridized carbons (Fsp3) is 0.100. The number of nitro groups is 1. The first-order valence-electron chi connectivity index (χ1n) is 8.62. The molecule has 1 N–H and O–H groups in total. The van der Waals surface area contributed by atoms with Crippen molar-refractivity contribution < 1.29 is 24.3 Å². The Morgan fingerprint density at radius 2 is 1.86 bits per heavy atom. The second-order valence-electron chi connectivity index (χ2n) is 6.28. The number of rotatable bonds is 4. The van der Waals surface area contributed by atoms with Gasteiger partial charge >= 0.3 is 0 Å². The number of hydrazone groups is 1. The second kappa shape index (κ2) is 7.47. The molecule has 1 amide bonds. The lowest BCUT2D eigenvalue weighted by Crippen LogP contribution is -2.42. The lowest BCUT2D eigenvalue weighted by Gasteiger charge is -2.25. The predicted molar refractivity (Wildman–Crippen MR) is 102 cm³/mol. The van der Waals surface area contributed by atoms with Gasteiger partial charge in [0.1, 0.15) is 6.61 Å². The van der Waals surface area contributed by atoms with Gasteiger partial charge in [-0.25, -0.2) is 5.43 Å². The van der Waals surface area contributed by atoms with Gasteiger partial charge in [0.05, 0.1) is 16.7 Å². The summed E-state index contributed by atoms with van der Waals surface area (Å²) in [5.74, 6) is -0.00914. The fourth-order valence-electron chi connectivity index (χ4n) is 2.93. The maximum Gasteiger partial charge on any atom is 0.284 e. The number of amides is 1. The quantitative estimate of drug-likeness (QED) is 0.412. The third-order valence-electron chi connectivity index (χ3n) is 4.34. The van der Waals surface area contributed by atoms with Crippen molar-refractivity contribution in [2.75, 3.05) is 6.61 Å². The highest BCUT2D eigenvalue weighted by atomic mass is 16.6. The predicted octanol–water partition coefficient (Wildman–Crippen LogP) is 2.11. The van der Waals surface area contributed by atoms with Gasteiger partial charge in [0.25, 0.3) is 11.6 Å². The molecule has 29 heavy (non-hydrogen) atoms. The van der Waals surface area contributed by atoms with Crippen LogP contribution >= 0.6 is 0 Å². The molecule has 146 valence electrons. The van der Waals surface area contributed by atoms with Crippen molar-refractivity contribution >= 4 is 28.6 Å². The molecule has 0 aromatic heterocycles. The fourth-order valence-corrected chi connectivity index (χ4v) is 2.93. The van der Waals surface area contributed by atoms with E-state index in [1.165, 1.54) is 0 Å². The van der Waals surface area contributed by atoms with Crippen molar-refractivity contribution in [2.24, 2.45) is 5.10 Å². The molecule has 9 heteroatoms. The molecule has 1 atom stereocenters. The third kappa shape index (κ3) is 3.79. The maximum atomic E-state index is 12.3. The van der Waals surface area contributed by atoms with E-state index in [9.17, 15) is 20.0 Å². The van der Waals surface area contributed by atoms with Crippen molar-refractivity contribution in [2.45, 2.75) is 6.10 Å². The third-order valence-corrected chi connectivity index (χ3v) is 4.34. The first-order chi connectivity index (χ1) is 14.0. The second-order valence-corrected chi connectivity index (χ2v) is 6.28. The molecule has 9 nitrogen and oxygen atoms in total. The normalized spacial score (nSPS) is 15.4. The van der Waals surface area contributed by atoms with Gasteiger partial charge in [-0.15, -0.1) is 5.75 Å². The van der Waals surface area contributed by atoms with E-state index in [0.717, 1.165) is 35.2 Å². The Morgan fingerprint density at radius 3 is 2.59 bits per heavy atom. The van der Waals surface area contributed by atoms with E-state index in [-0.39, 0.29) is 17.9 Å². The average Bonchev–Trinajstić information content (AvgIpc) is 2.71. The molecule has 0 aliphatic carbocycles. The number of carbonyl (C=O) groups is 1. The van der Waals surface area contributed by atoms with Crippen LogP contribution in [0.1, 0.15) is 5.56 Å². The van der Waals surface area contributed by atoms with Crippen molar-refractivity contribution in [1.82, 2.24) is 5.43 Å². The van der Waals surface area contributed by atoms with Crippen LogP contribution in [0.15, 0.2) is 59.7 Å². The summed E-state index contributed by atoms with van der Waals surface area (Å²) in [6.45, 7) is -0.0110. The van der Waals surface area contributed by atoms with Crippen molar-refractivity contribution in [3.63, 3.8) is 0 Å². The first kappa shape index (κ1) is 18.2. The number of carbonyl (C=O) groups excluding carboxylic acids is 1. The Labute approximate surface area is 164 Å². The number of fused-ring (bicyclic) bond motifs is 2. The van der Waals surface area contributed by atoms with E-state index < -0.39 is 22.7 Å². The van der Waals surface area contributed by atoms with Crippen molar-refractivity contribution in [3.05, 3.63) is 70.3 Å². The Balaban J connectivity index is 1.46. The number of ether oxygens (including phenoxy) is 2. The highest BCUT2D eigenvalue weighted by Gasteiger charge is 2.27. The summed E-state index contributed by atoms with van der Waals surface area (Å²) in [7, 11) is 0. The largest absolute Gasteiger partial charge is 0.872 e. The van der Waals surface area contributed by atoms with Gasteiger partial charge in [-0.1, -0.05) is 36.4 Å². The Morgan fingerprint density at radius 1 is 1.14 bits per heavy atom. The molecule has 0 spiro atoms. The number of nitrogens with one attached hydrogen (secondary N) is 1. The van der Waals surface area contributed by atoms with Crippen LogP contribution in [0, 0.1) is 10.1 Å². The van der Waals surface area contributed by atoms with Gasteiger partial charge in [0.2, 0.25) is 6.10 Å². The minimum atomic E-state index is -0.943. The van der Waals surface area contributed by atoms with Crippen LogP contribution in [0.2, 0.25) is 0 Å². The van der Waals surface area contributed by atoms with Crippen molar-refractivity contribution in [1.29, 1.82) is 0 Å². The van der Waals surface area contributed by atoms with E-state index in [4.69, 9.17) is 9.47 Å². The molecule has 0 fully saturated rings. The highest BCUT2D eigenvalue weighted by molar-refractivity contribution is 5.89. The molecule has 3 aromatic carbocycles. The Hall–Kier alpha value is -4.14. The standard InChI is InChI=1S/C20H15N3O6/c24-15-5-6-16(23(26)27)14(7-15)10-21-22-20(25)19-11-28-17-8-12-3-1-2-4-13(12)9-18(17)29-19/h1-10,19,24H,11H2,(H,22,25)/p-1/b21-10+/t19-/m1/s1. The molecule has 0 radical (unpaired) electrons. The lowest BCUT2D eigenvalue weighted by atomic mass is 10.1. The summed E-state index contributed by atoms with van der Waals surface area (Å²) in [6, 6.07) is 14.5. The van der Waals surface area contributed by atoms with Gasteiger partial charge < -0.3 is 14.6 Å². The summed E-state index contributed by atoms with van der Waals surface area (Å²) in [6.07, 6.45) is 0.101. The zero-order valence-corrected chi connectivity index (χ0v) is 14.9. The molecule has 0 saturated carbocycles. The van der Waals surface area contributed by atoms with Crippen LogP contribution in [-0.2, 0) is 4.79 Å². The summed E-state index contributed by atoms with van der Waals surface area (Å²) >= 11 is 0. The first-order valence-corrected chi connectivity index (χ1v) is 8.62. The van der Waals surface area contributed by atoms with Crippen LogP contribution in [0.4, 0.5) is 5.69 Å². The van der Waals surface area contributed by atoms with Gasteiger partial charge in [0.15, 0.2) is 11.5 Å². The number of benzene rings is 3. The van der Waals surface area contributed by atoms with E-state index in [1.807, 2.05) is 30.3 Å². The highest BCUT2D eigenvalue weighted by Crippen LogP contribution is 2.35. The number of nitrogens with zero attached hydrogens (tertiary/aromatic N) is 2. The zero-order valence-electron chi connectivity index (χ0n) is 14.9. The molecule has 1 heterocycles. The maximum absolute atomic E-state index is 12.3. The molecule has 0 bridgehead atoms. The summed E-state index contributed by atoms with van der Waals surface area (Å²) in [5.41, 5.74) is 1.95. The molecule has 0 saturated heterocycles. The summed E-state index contributed by atoms with van der Waals surface area (Å²) in [4.78, 5) is 22.7. The Bertz CT molecular complexity index is 1140. The van der Waals surface area contributed by atoms with E-state index in [0.29, 0.717) is 11.5 Å². The average molecular weight is 392 g/mol. The number of hydrogen-bond donors (Lipinski definition) is 1. The topological polar surface area (TPSA) is 126 Å². The van der Waals surface area contributed by atoms with Crippen LogP contribution in [0.3, 0.4) is 0 Å². The summed E-state index contributed by atoms with van der Waals surface area (Å²) in [5, 5.41) is 28.1. The molecule has 1 aliphatic rings. The molecule has 4 rings (SSSR count). The van der Waals surface area contributed by atoms with Crippen LogP contribution in [0.5, 0.6) is 17.2 Å². The molecular formula is C20H14N3O6-.